The summed E-state index contributed by atoms with van der Waals surface area (Å²) in [6.07, 6.45) is 1.74. The van der Waals surface area contributed by atoms with E-state index in [9.17, 15) is 8.78 Å². The second kappa shape index (κ2) is 9.11. The van der Waals surface area contributed by atoms with Crippen molar-refractivity contribution < 1.29 is 8.78 Å². The van der Waals surface area contributed by atoms with Gasteiger partial charge in [-0.2, -0.15) is 0 Å². The van der Waals surface area contributed by atoms with Crippen molar-refractivity contribution >= 4 is 0 Å². The third-order valence-electron chi connectivity index (χ3n) is 3.84. The maximum Gasteiger partial charge on any atom is 0.163 e. The van der Waals surface area contributed by atoms with Crippen molar-refractivity contribution in [2.45, 2.75) is 52.6 Å². The van der Waals surface area contributed by atoms with Gasteiger partial charge in [-0.15, -0.1) is 0 Å². The van der Waals surface area contributed by atoms with Crippen molar-refractivity contribution in [1.29, 1.82) is 0 Å². The van der Waals surface area contributed by atoms with Gasteiger partial charge in [-0.3, -0.25) is 0 Å². The summed E-state index contributed by atoms with van der Waals surface area (Å²) < 4.78 is 27.5. The first-order valence-electron chi connectivity index (χ1n) is 7.92. The van der Waals surface area contributed by atoms with Gasteiger partial charge in [-0.1, -0.05) is 26.0 Å². The van der Waals surface area contributed by atoms with Crippen LogP contribution in [0.2, 0.25) is 0 Å². The van der Waals surface area contributed by atoms with Crippen LogP contribution in [0, 0.1) is 11.6 Å². The summed E-state index contributed by atoms with van der Waals surface area (Å²) in [6, 6.07) is 4.74. The van der Waals surface area contributed by atoms with Crippen molar-refractivity contribution in [3.8, 4) is 0 Å². The van der Waals surface area contributed by atoms with Crippen LogP contribution in [0.25, 0.3) is 0 Å². The molecule has 0 aromatic heterocycles. The maximum atomic E-state index is 14.0. The molecule has 0 saturated carbocycles. The van der Waals surface area contributed by atoms with Crippen molar-refractivity contribution in [2.24, 2.45) is 0 Å². The first kappa shape index (κ1) is 18.1. The molecule has 2 nitrogen and oxygen atoms in total. The Hall–Kier alpha value is -1.00. The van der Waals surface area contributed by atoms with Crippen LogP contribution in [-0.2, 0) is 0 Å². The lowest BCUT2D eigenvalue weighted by atomic mass is 10.0. The molecule has 1 aromatic rings. The largest absolute Gasteiger partial charge is 0.310 e. The van der Waals surface area contributed by atoms with Crippen LogP contribution in [0.4, 0.5) is 8.78 Å². The van der Waals surface area contributed by atoms with Gasteiger partial charge in [0.05, 0.1) is 0 Å². The molecule has 1 atom stereocenters. The van der Waals surface area contributed by atoms with E-state index in [-0.39, 0.29) is 6.04 Å². The van der Waals surface area contributed by atoms with E-state index >= 15 is 0 Å². The van der Waals surface area contributed by atoms with E-state index in [1.807, 2.05) is 0 Å². The molecule has 0 aliphatic heterocycles. The van der Waals surface area contributed by atoms with E-state index in [1.54, 1.807) is 12.1 Å². The Bertz CT molecular complexity index is 421. The number of rotatable bonds is 9. The van der Waals surface area contributed by atoms with Crippen molar-refractivity contribution in [3.63, 3.8) is 0 Å². The summed E-state index contributed by atoms with van der Waals surface area (Å²) in [7, 11) is 0. The van der Waals surface area contributed by atoms with Crippen LogP contribution in [0.5, 0.6) is 0 Å². The first-order chi connectivity index (χ1) is 10.0. The summed E-state index contributed by atoms with van der Waals surface area (Å²) in [5, 5.41) is 3.34. The molecule has 1 N–H and O–H groups in total. The van der Waals surface area contributed by atoms with Gasteiger partial charge in [-0.05, 0) is 45.8 Å². The van der Waals surface area contributed by atoms with Crippen LogP contribution >= 0.6 is 0 Å². The minimum absolute atomic E-state index is 0.145. The van der Waals surface area contributed by atoms with Crippen molar-refractivity contribution in [2.75, 3.05) is 19.6 Å². The highest BCUT2D eigenvalue weighted by Crippen LogP contribution is 2.22. The molecule has 0 amide bonds. The molecular formula is C17H28F2N2. The summed E-state index contributed by atoms with van der Waals surface area (Å²) in [5.41, 5.74) is 0.434. The quantitative estimate of drug-likeness (QED) is 0.737. The van der Waals surface area contributed by atoms with Gasteiger partial charge in [0, 0.05) is 24.2 Å². The van der Waals surface area contributed by atoms with Crippen LogP contribution in [-0.4, -0.2) is 30.6 Å². The fourth-order valence-electron chi connectivity index (χ4n) is 2.55. The van der Waals surface area contributed by atoms with Gasteiger partial charge in [0.1, 0.15) is 0 Å². The van der Waals surface area contributed by atoms with Crippen molar-refractivity contribution in [1.82, 2.24) is 10.2 Å². The average molecular weight is 298 g/mol. The van der Waals surface area contributed by atoms with Gasteiger partial charge >= 0.3 is 0 Å². The minimum Gasteiger partial charge on any atom is -0.310 e. The van der Waals surface area contributed by atoms with Crippen LogP contribution in [0.3, 0.4) is 0 Å². The Morgan fingerprint density at radius 1 is 1.19 bits per heavy atom. The zero-order chi connectivity index (χ0) is 15.8. The number of hydrogen-bond donors (Lipinski definition) is 1. The molecule has 0 spiro atoms. The molecule has 4 heteroatoms. The molecule has 0 bridgehead atoms. The summed E-state index contributed by atoms with van der Waals surface area (Å²) in [4.78, 5) is 2.33. The van der Waals surface area contributed by atoms with Gasteiger partial charge in [0.15, 0.2) is 11.6 Å². The third-order valence-corrected chi connectivity index (χ3v) is 3.84. The van der Waals surface area contributed by atoms with E-state index < -0.39 is 11.6 Å². The smallest absolute Gasteiger partial charge is 0.163 e. The fourth-order valence-corrected chi connectivity index (χ4v) is 2.55. The molecule has 1 unspecified atom stereocenters. The summed E-state index contributed by atoms with van der Waals surface area (Å²) >= 11 is 0. The Kier molecular flexibility index (Phi) is 7.83. The summed E-state index contributed by atoms with van der Waals surface area (Å²) in [6.45, 7) is 11.1. The normalized spacial score (nSPS) is 13.1. The topological polar surface area (TPSA) is 15.3 Å². The Labute approximate surface area is 127 Å². The van der Waals surface area contributed by atoms with Crippen molar-refractivity contribution in [3.05, 3.63) is 35.4 Å². The molecule has 0 saturated heterocycles. The van der Waals surface area contributed by atoms with Crippen LogP contribution in [0.15, 0.2) is 18.2 Å². The molecule has 120 valence electrons. The molecule has 0 fully saturated rings. The molecular weight excluding hydrogens is 270 g/mol. The number of hydrogen-bond acceptors (Lipinski definition) is 2. The van der Waals surface area contributed by atoms with E-state index in [0.717, 1.165) is 32.5 Å². The number of benzene rings is 1. The zero-order valence-electron chi connectivity index (χ0n) is 13.6. The SMILES string of the molecule is CCCNC(CCN(CC)C(C)C)c1cccc(F)c1F. The Morgan fingerprint density at radius 2 is 1.90 bits per heavy atom. The van der Waals surface area contributed by atoms with Gasteiger partial charge in [-0.25, -0.2) is 8.78 Å². The second-order valence-electron chi connectivity index (χ2n) is 5.66. The molecule has 0 radical (unpaired) electrons. The monoisotopic (exact) mass is 298 g/mol. The Balaban J connectivity index is 2.82. The van der Waals surface area contributed by atoms with Gasteiger partial charge in [0.2, 0.25) is 0 Å². The highest BCUT2D eigenvalue weighted by atomic mass is 19.2. The molecule has 0 heterocycles. The first-order valence-corrected chi connectivity index (χ1v) is 7.92. The maximum absolute atomic E-state index is 14.0. The predicted octanol–water partition coefficient (Wildman–Crippen LogP) is 4.13. The standard InChI is InChI=1S/C17H28F2N2/c1-5-11-20-16(10-12-21(6-2)13(3)4)14-8-7-9-15(18)17(14)19/h7-9,13,16,20H,5-6,10-12H2,1-4H3. The molecule has 21 heavy (non-hydrogen) atoms. The Morgan fingerprint density at radius 3 is 2.48 bits per heavy atom. The lowest BCUT2D eigenvalue weighted by Gasteiger charge is -2.28. The van der Waals surface area contributed by atoms with Gasteiger partial charge in [0.25, 0.3) is 0 Å². The lowest BCUT2D eigenvalue weighted by Crippen LogP contribution is -2.34. The van der Waals surface area contributed by atoms with Crippen LogP contribution in [0.1, 0.15) is 52.1 Å². The average Bonchev–Trinajstić information content (AvgIpc) is 2.46. The third kappa shape index (κ3) is 5.36. The van der Waals surface area contributed by atoms with E-state index in [1.165, 1.54) is 6.07 Å². The molecule has 0 aliphatic rings. The van der Waals surface area contributed by atoms with E-state index in [0.29, 0.717) is 11.6 Å². The second-order valence-corrected chi connectivity index (χ2v) is 5.66. The highest BCUT2D eigenvalue weighted by Gasteiger charge is 2.19. The number of nitrogens with zero attached hydrogens (tertiary/aromatic N) is 1. The number of nitrogens with one attached hydrogen (secondary N) is 1. The van der Waals surface area contributed by atoms with E-state index in [4.69, 9.17) is 0 Å². The highest BCUT2D eigenvalue weighted by molar-refractivity contribution is 5.22. The van der Waals surface area contributed by atoms with Gasteiger partial charge < -0.3 is 10.2 Å². The lowest BCUT2D eigenvalue weighted by molar-refractivity contribution is 0.219. The number of halogens is 2. The van der Waals surface area contributed by atoms with Crippen LogP contribution < -0.4 is 5.32 Å². The molecule has 1 rings (SSSR count). The predicted molar refractivity (Wildman–Crippen MR) is 84.4 cm³/mol. The zero-order valence-corrected chi connectivity index (χ0v) is 13.6. The molecule has 0 aliphatic carbocycles. The fraction of sp³-hybridized carbons (Fsp3) is 0.647. The minimum atomic E-state index is -0.771. The molecule has 1 aromatic carbocycles. The van der Waals surface area contributed by atoms with E-state index in [2.05, 4.69) is 37.9 Å². The summed E-state index contributed by atoms with van der Waals surface area (Å²) in [5.74, 6) is -1.49.